The van der Waals surface area contributed by atoms with Crippen molar-refractivity contribution in [2.24, 2.45) is 5.92 Å². The molecular weight excluding hydrogens is 748 g/mol. The van der Waals surface area contributed by atoms with E-state index in [1.165, 1.54) is 12.1 Å². The Morgan fingerprint density at radius 3 is 2.63 bits per heavy atom. The molecule has 1 aromatic heterocycles. The lowest BCUT2D eigenvalue weighted by Gasteiger charge is -2.37. The number of hydrogen-bond donors (Lipinski definition) is 4. The van der Waals surface area contributed by atoms with Crippen molar-refractivity contribution in [3.63, 3.8) is 0 Å². The van der Waals surface area contributed by atoms with Crippen LogP contribution in [-0.2, 0) is 26.0 Å². The number of sulfonamides is 1. The first-order chi connectivity index (χ1) is 27.2. The molecule has 1 spiro atoms. The van der Waals surface area contributed by atoms with E-state index in [2.05, 4.69) is 25.6 Å². The number of nitrogens with one attached hydrogen (secondary N) is 4. The molecule has 3 aromatic rings. The van der Waals surface area contributed by atoms with Crippen LogP contribution in [0, 0.1) is 11.7 Å². The standard InChI is InChI=1S/C43H53FN6O6S/c1-27(2)45-40(53)46-31-15-8-6-4-5-7-13-29-23-43(29,39(52)49-57(54,55)41(3)20-21-41)48-38(51)35-24-42(26-50(35)25-31)19-18-33-32-16-9-10-17-34(32)47-36(37(33)56-42)28-12-11-14-30(44)22-28/h7,9-14,16-17,22,27,29,31,35H,4-6,8,15,18-21,23-26H2,1-3H3,(H,48,51)(H,49,52)(H2,45,46,53). The summed E-state index contributed by atoms with van der Waals surface area (Å²) in [6, 6.07) is 12.7. The second kappa shape index (κ2) is 15.0. The lowest BCUT2D eigenvalue weighted by Crippen LogP contribution is -2.57. The third kappa shape index (κ3) is 7.86. The summed E-state index contributed by atoms with van der Waals surface area (Å²) in [5.74, 6) is -1.31. The Kier molecular flexibility index (Phi) is 10.3. The molecule has 5 unspecified atom stereocenters. The van der Waals surface area contributed by atoms with Gasteiger partial charge in [-0.05, 0) is 90.3 Å². The Labute approximate surface area is 333 Å². The fraction of sp³-hybridized carbons (Fsp3) is 0.535. The number of nitrogens with zero attached hydrogens (tertiary/aromatic N) is 2. The number of urea groups is 1. The number of halogens is 1. The molecule has 8 rings (SSSR count). The monoisotopic (exact) mass is 800 g/mol. The number of amides is 4. The number of benzene rings is 2. The molecule has 14 heteroatoms. The van der Waals surface area contributed by atoms with Gasteiger partial charge in [0.25, 0.3) is 5.91 Å². The summed E-state index contributed by atoms with van der Waals surface area (Å²) in [6.07, 6.45) is 10.8. The Morgan fingerprint density at radius 1 is 1.05 bits per heavy atom. The van der Waals surface area contributed by atoms with Gasteiger partial charge in [-0.1, -0.05) is 55.3 Å². The summed E-state index contributed by atoms with van der Waals surface area (Å²) >= 11 is 0. The summed E-state index contributed by atoms with van der Waals surface area (Å²) in [5.41, 5.74) is 0.565. The zero-order valence-electron chi connectivity index (χ0n) is 32.9. The van der Waals surface area contributed by atoms with Crippen LogP contribution in [0.15, 0.2) is 60.7 Å². The minimum atomic E-state index is -3.95. The first-order valence-corrected chi connectivity index (χ1v) is 21.9. The Morgan fingerprint density at radius 2 is 1.86 bits per heavy atom. The van der Waals surface area contributed by atoms with Crippen molar-refractivity contribution in [3.05, 3.63) is 72.1 Å². The van der Waals surface area contributed by atoms with Gasteiger partial charge in [-0.3, -0.25) is 19.2 Å². The average Bonchev–Trinajstić information content (AvgIpc) is 4.05. The summed E-state index contributed by atoms with van der Waals surface area (Å²) in [6.45, 7) is 6.12. The number of rotatable bonds is 6. The molecule has 5 aliphatic rings. The van der Waals surface area contributed by atoms with E-state index in [4.69, 9.17) is 9.72 Å². The van der Waals surface area contributed by atoms with Gasteiger partial charge in [0.15, 0.2) is 0 Å². The van der Waals surface area contributed by atoms with Gasteiger partial charge in [-0.2, -0.15) is 0 Å². The normalized spacial score (nSPS) is 28.5. The number of carbonyl (C=O) groups is 3. The fourth-order valence-corrected chi connectivity index (χ4v) is 10.3. The van der Waals surface area contributed by atoms with Crippen molar-refractivity contribution in [2.75, 3.05) is 13.1 Å². The van der Waals surface area contributed by atoms with E-state index in [9.17, 15) is 27.2 Å². The second-order valence-corrected chi connectivity index (χ2v) is 19.6. The molecule has 0 bridgehead atoms. The minimum absolute atomic E-state index is 0.0690. The molecule has 4 N–H and O–H groups in total. The van der Waals surface area contributed by atoms with Gasteiger partial charge in [-0.15, -0.1) is 0 Å². The van der Waals surface area contributed by atoms with Crippen molar-refractivity contribution >= 4 is 38.8 Å². The quantitative estimate of drug-likeness (QED) is 0.233. The van der Waals surface area contributed by atoms with Crippen molar-refractivity contribution in [1.82, 2.24) is 30.6 Å². The maximum absolute atomic E-state index is 14.8. The van der Waals surface area contributed by atoms with E-state index >= 15 is 0 Å². The van der Waals surface area contributed by atoms with Crippen LogP contribution in [0.4, 0.5) is 9.18 Å². The van der Waals surface area contributed by atoms with Gasteiger partial charge in [0.05, 0.1) is 16.3 Å². The van der Waals surface area contributed by atoms with Gasteiger partial charge < -0.3 is 20.7 Å². The van der Waals surface area contributed by atoms with E-state index in [-0.39, 0.29) is 36.9 Å². The number of aryl methyl sites for hydroxylation is 1. The van der Waals surface area contributed by atoms with E-state index in [0.29, 0.717) is 62.2 Å². The molecule has 2 aliphatic carbocycles. The highest BCUT2D eigenvalue weighted by molar-refractivity contribution is 7.91. The van der Waals surface area contributed by atoms with Gasteiger partial charge in [0.2, 0.25) is 15.9 Å². The molecular formula is C43H53FN6O6S. The molecule has 2 aromatic carbocycles. The highest BCUT2D eigenvalue weighted by Gasteiger charge is 2.63. The van der Waals surface area contributed by atoms with Crippen LogP contribution in [-0.4, -0.2) is 83.2 Å². The van der Waals surface area contributed by atoms with Crippen LogP contribution >= 0.6 is 0 Å². The lowest BCUT2D eigenvalue weighted by atomic mass is 9.86. The van der Waals surface area contributed by atoms with Crippen molar-refractivity contribution in [3.8, 4) is 17.0 Å². The molecule has 2 saturated carbocycles. The van der Waals surface area contributed by atoms with Crippen LogP contribution in [0.5, 0.6) is 5.75 Å². The maximum atomic E-state index is 14.8. The Balaban J connectivity index is 1.15. The Bertz CT molecular complexity index is 2230. The number of pyridine rings is 1. The van der Waals surface area contributed by atoms with Crippen molar-refractivity contribution in [2.45, 2.75) is 125 Å². The van der Waals surface area contributed by atoms with E-state index in [0.717, 1.165) is 42.1 Å². The average molecular weight is 801 g/mol. The molecule has 4 heterocycles. The second-order valence-electron chi connectivity index (χ2n) is 17.4. The smallest absolute Gasteiger partial charge is 0.315 e. The molecule has 304 valence electrons. The van der Waals surface area contributed by atoms with Crippen LogP contribution in [0.25, 0.3) is 22.2 Å². The fourth-order valence-electron chi connectivity index (χ4n) is 8.94. The molecule has 0 radical (unpaired) electrons. The van der Waals surface area contributed by atoms with Gasteiger partial charge in [0, 0.05) is 54.0 Å². The zero-order valence-corrected chi connectivity index (χ0v) is 33.7. The van der Waals surface area contributed by atoms with E-state index < -0.39 is 49.6 Å². The molecule has 3 aliphatic heterocycles. The topological polar surface area (TPSA) is 159 Å². The number of ether oxygens (including phenoxy) is 1. The van der Waals surface area contributed by atoms with Crippen molar-refractivity contribution in [1.29, 1.82) is 0 Å². The highest BCUT2D eigenvalue weighted by Crippen LogP contribution is 2.50. The van der Waals surface area contributed by atoms with Gasteiger partial charge in [-0.25, -0.2) is 22.6 Å². The predicted molar refractivity (Wildman–Crippen MR) is 215 cm³/mol. The molecule has 4 amide bonds. The minimum Gasteiger partial charge on any atom is -0.483 e. The zero-order chi connectivity index (χ0) is 40.2. The lowest BCUT2D eigenvalue weighted by molar-refractivity contribution is -0.132. The SMILES string of the molecule is CC(C)NC(=O)NC1CCCCCC=CC2CC2(C(=O)NS(=O)(=O)C2(C)CC2)NC(=O)C2CC3(CCc4c(c(-c5cccc(F)c5)nc5ccccc45)O3)CN2C1. The molecule has 57 heavy (non-hydrogen) atoms. The summed E-state index contributed by atoms with van der Waals surface area (Å²) < 4.78 is 49.7. The van der Waals surface area contributed by atoms with Crippen LogP contribution in [0.1, 0.15) is 90.5 Å². The van der Waals surface area contributed by atoms with Crippen LogP contribution < -0.4 is 25.4 Å². The number of carbonyl (C=O) groups excluding carboxylic acids is 3. The first kappa shape index (κ1) is 39.3. The van der Waals surface area contributed by atoms with Crippen LogP contribution in [0.2, 0.25) is 0 Å². The van der Waals surface area contributed by atoms with Crippen LogP contribution in [0.3, 0.4) is 0 Å². The third-order valence-corrected chi connectivity index (χ3v) is 14.8. The predicted octanol–water partition coefficient (Wildman–Crippen LogP) is 5.65. The third-order valence-electron chi connectivity index (χ3n) is 12.6. The number of allylic oxidation sites excluding steroid dienone is 1. The Hall–Kier alpha value is -4.56. The van der Waals surface area contributed by atoms with Gasteiger partial charge in [0.1, 0.15) is 28.4 Å². The summed E-state index contributed by atoms with van der Waals surface area (Å²) in [7, 11) is -3.95. The molecule has 3 fully saturated rings. The van der Waals surface area contributed by atoms with Gasteiger partial charge >= 0.3 is 6.03 Å². The van der Waals surface area contributed by atoms with E-state index in [1.807, 2.05) is 56.3 Å². The summed E-state index contributed by atoms with van der Waals surface area (Å²) in [4.78, 5) is 48.9. The van der Waals surface area contributed by atoms with Crippen molar-refractivity contribution < 1.29 is 31.9 Å². The maximum Gasteiger partial charge on any atom is 0.315 e. The number of aromatic nitrogens is 1. The first-order valence-electron chi connectivity index (χ1n) is 20.4. The molecule has 1 saturated heterocycles. The summed E-state index contributed by atoms with van der Waals surface area (Å²) in [5, 5.41) is 10.1. The van der Waals surface area contributed by atoms with E-state index in [1.54, 1.807) is 13.0 Å². The molecule has 12 nitrogen and oxygen atoms in total. The number of fused-ring (bicyclic) bond motifs is 5. The number of hydrogen-bond acceptors (Lipinski definition) is 8. The highest BCUT2D eigenvalue weighted by atomic mass is 32.2. The largest absolute Gasteiger partial charge is 0.483 e. The molecule has 5 atom stereocenters. The number of para-hydroxylation sites is 1.